The molecule has 6 nitrogen and oxygen atoms in total. The van der Waals surface area contributed by atoms with E-state index in [1.54, 1.807) is 17.9 Å². The summed E-state index contributed by atoms with van der Waals surface area (Å²) in [5.41, 5.74) is 1.24. The van der Waals surface area contributed by atoms with Crippen LogP contribution in [0, 0.1) is 0 Å². The fourth-order valence-electron chi connectivity index (χ4n) is 2.38. The molecule has 2 aromatic rings. The quantitative estimate of drug-likeness (QED) is 0.865. The van der Waals surface area contributed by atoms with Crippen molar-refractivity contribution in [1.29, 1.82) is 0 Å². The first kappa shape index (κ1) is 19.0. The molecular formula is C15H17F3N4O2S. The molecule has 1 aromatic heterocycles. The Labute approximate surface area is 143 Å². The molecule has 0 aliphatic heterocycles. The number of sulfone groups is 1. The van der Waals surface area contributed by atoms with Crippen molar-refractivity contribution in [2.45, 2.75) is 30.7 Å². The van der Waals surface area contributed by atoms with E-state index < -0.39 is 20.2 Å². The Morgan fingerprint density at radius 3 is 2.40 bits per heavy atom. The van der Waals surface area contributed by atoms with Crippen LogP contribution < -0.4 is 10.6 Å². The highest BCUT2D eigenvalue weighted by Gasteiger charge is 2.47. The highest BCUT2D eigenvalue weighted by Crippen LogP contribution is 2.34. The second-order valence-electron chi connectivity index (χ2n) is 5.11. The summed E-state index contributed by atoms with van der Waals surface area (Å²) in [7, 11) is -5.39. The van der Waals surface area contributed by atoms with Crippen LogP contribution in [0.1, 0.15) is 19.4 Å². The normalized spacial score (nSPS) is 12.2. The van der Waals surface area contributed by atoms with Gasteiger partial charge in [0.15, 0.2) is 0 Å². The molecule has 10 heteroatoms. The van der Waals surface area contributed by atoms with Crippen LogP contribution in [0.15, 0.2) is 35.4 Å². The molecule has 2 N–H and O–H groups in total. The molecule has 0 unspecified atom stereocenters. The molecule has 0 aliphatic carbocycles. The molecule has 136 valence electrons. The molecule has 0 amide bonds. The number of alkyl halides is 3. The summed E-state index contributed by atoms with van der Waals surface area (Å²) in [6, 6.07) is 4.95. The number of nitrogens with zero attached hydrogens (tertiary/aromatic N) is 3. The van der Waals surface area contributed by atoms with Crippen LogP contribution in [0.5, 0.6) is 0 Å². The van der Waals surface area contributed by atoms with Gasteiger partial charge in [-0.05, 0) is 43.2 Å². The summed E-state index contributed by atoms with van der Waals surface area (Å²) in [5.74, 6) is 0.529. The number of hydrogen-bond acceptors (Lipinski definition) is 6. The third-order valence-corrected chi connectivity index (χ3v) is 5.07. The number of benzene rings is 1. The van der Waals surface area contributed by atoms with E-state index in [4.69, 9.17) is 5.73 Å². The van der Waals surface area contributed by atoms with Crippen molar-refractivity contribution in [2.24, 2.45) is 0 Å². The van der Waals surface area contributed by atoms with E-state index in [-0.39, 0.29) is 5.95 Å². The van der Waals surface area contributed by atoms with Gasteiger partial charge in [0.2, 0.25) is 5.95 Å². The van der Waals surface area contributed by atoms with Gasteiger partial charge in [0.25, 0.3) is 9.84 Å². The molecule has 1 heterocycles. The minimum Gasteiger partial charge on any atom is -0.368 e. The zero-order valence-corrected chi connectivity index (χ0v) is 14.4. The van der Waals surface area contributed by atoms with Crippen molar-refractivity contribution in [3.05, 3.63) is 36.0 Å². The largest absolute Gasteiger partial charge is 0.501 e. The van der Waals surface area contributed by atoms with Crippen LogP contribution in [0.3, 0.4) is 0 Å². The summed E-state index contributed by atoms with van der Waals surface area (Å²) in [5, 5.41) is 0. The zero-order chi connectivity index (χ0) is 18.8. The first-order valence-electron chi connectivity index (χ1n) is 7.42. The lowest BCUT2D eigenvalue weighted by molar-refractivity contribution is -0.0436. The first-order valence-corrected chi connectivity index (χ1v) is 8.90. The monoisotopic (exact) mass is 374 g/mol. The predicted octanol–water partition coefficient (Wildman–Crippen LogP) is 3.07. The number of aromatic nitrogens is 2. The van der Waals surface area contributed by atoms with Crippen molar-refractivity contribution >= 4 is 27.3 Å². The van der Waals surface area contributed by atoms with Crippen molar-refractivity contribution in [1.82, 2.24) is 9.97 Å². The maximum atomic E-state index is 12.8. The van der Waals surface area contributed by atoms with E-state index in [9.17, 15) is 21.6 Å². The molecule has 0 saturated carbocycles. The van der Waals surface area contributed by atoms with Crippen LogP contribution in [-0.2, 0) is 16.3 Å². The SMILES string of the molecule is CCc1cc(S(=O)(=O)C(F)(F)F)ccc1N(CC)c1ccnc(N)n1. The highest BCUT2D eigenvalue weighted by molar-refractivity contribution is 7.92. The summed E-state index contributed by atoms with van der Waals surface area (Å²) in [6.45, 7) is 4.01. The second kappa shape index (κ2) is 6.87. The van der Waals surface area contributed by atoms with Crippen LogP contribution in [0.25, 0.3) is 0 Å². The molecule has 0 radical (unpaired) electrons. The van der Waals surface area contributed by atoms with Gasteiger partial charge in [0.1, 0.15) is 5.82 Å². The predicted molar refractivity (Wildman–Crippen MR) is 88.2 cm³/mol. The van der Waals surface area contributed by atoms with E-state index in [2.05, 4.69) is 9.97 Å². The van der Waals surface area contributed by atoms with Gasteiger partial charge in [-0.2, -0.15) is 18.2 Å². The van der Waals surface area contributed by atoms with Gasteiger partial charge in [0.05, 0.1) is 4.90 Å². The summed E-state index contributed by atoms with van der Waals surface area (Å²) in [4.78, 5) is 8.85. The fourth-order valence-corrected chi connectivity index (χ4v) is 3.19. The molecule has 0 bridgehead atoms. The molecule has 2 rings (SSSR count). The minimum absolute atomic E-state index is 0.0604. The molecule has 0 fully saturated rings. The third kappa shape index (κ3) is 3.68. The average Bonchev–Trinajstić information content (AvgIpc) is 2.54. The number of nitrogens with two attached hydrogens (primary N) is 1. The van der Waals surface area contributed by atoms with Gasteiger partial charge in [0, 0.05) is 18.4 Å². The standard InChI is InChI=1S/C15H17F3N4O2S/c1-3-10-9-11(25(23,24)15(16,17)18)5-6-12(10)22(4-2)13-7-8-20-14(19)21-13/h5-9H,3-4H2,1-2H3,(H2,19,20,21). The molecule has 0 spiro atoms. The van der Waals surface area contributed by atoms with E-state index in [0.717, 1.165) is 12.1 Å². The highest BCUT2D eigenvalue weighted by atomic mass is 32.2. The van der Waals surface area contributed by atoms with Crippen LogP contribution in [0.2, 0.25) is 0 Å². The first-order chi connectivity index (χ1) is 11.6. The molecular weight excluding hydrogens is 357 g/mol. The van der Waals surface area contributed by atoms with E-state index in [0.29, 0.717) is 30.0 Å². The molecule has 0 saturated heterocycles. The molecule has 0 atom stereocenters. The molecule has 0 aliphatic rings. The number of nitrogen functional groups attached to an aromatic ring is 1. The lowest BCUT2D eigenvalue weighted by atomic mass is 10.1. The van der Waals surface area contributed by atoms with Gasteiger partial charge >= 0.3 is 5.51 Å². The number of anilines is 3. The lowest BCUT2D eigenvalue weighted by Gasteiger charge is -2.25. The number of aryl methyl sites for hydroxylation is 1. The van der Waals surface area contributed by atoms with Gasteiger partial charge in [-0.1, -0.05) is 6.92 Å². The average molecular weight is 374 g/mol. The van der Waals surface area contributed by atoms with Crippen molar-refractivity contribution in [3.63, 3.8) is 0 Å². The summed E-state index contributed by atoms with van der Waals surface area (Å²) >= 11 is 0. The fraction of sp³-hybridized carbons (Fsp3) is 0.333. The Kier molecular flexibility index (Phi) is 5.21. The Hall–Kier alpha value is -2.36. The molecule has 25 heavy (non-hydrogen) atoms. The maximum absolute atomic E-state index is 12.8. The Morgan fingerprint density at radius 2 is 1.88 bits per heavy atom. The van der Waals surface area contributed by atoms with E-state index in [1.165, 1.54) is 12.3 Å². The van der Waals surface area contributed by atoms with Crippen molar-refractivity contribution in [2.75, 3.05) is 17.2 Å². The van der Waals surface area contributed by atoms with Crippen LogP contribution >= 0.6 is 0 Å². The maximum Gasteiger partial charge on any atom is 0.501 e. The van der Waals surface area contributed by atoms with Crippen LogP contribution in [-0.4, -0.2) is 30.4 Å². The van der Waals surface area contributed by atoms with Gasteiger partial charge < -0.3 is 10.6 Å². The zero-order valence-electron chi connectivity index (χ0n) is 13.6. The smallest absolute Gasteiger partial charge is 0.368 e. The van der Waals surface area contributed by atoms with E-state index >= 15 is 0 Å². The van der Waals surface area contributed by atoms with Gasteiger partial charge in [-0.25, -0.2) is 13.4 Å². The number of hydrogen-bond donors (Lipinski definition) is 1. The number of rotatable bonds is 5. The lowest BCUT2D eigenvalue weighted by Crippen LogP contribution is -2.24. The van der Waals surface area contributed by atoms with Gasteiger partial charge in [-0.15, -0.1) is 0 Å². The minimum atomic E-state index is -5.39. The Morgan fingerprint density at radius 1 is 1.20 bits per heavy atom. The van der Waals surface area contributed by atoms with Gasteiger partial charge in [-0.3, -0.25) is 0 Å². The number of halogens is 3. The Bertz CT molecular complexity index is 869. The summed E-state index contributed by atoms with van der Waals surface area (Å²) in [6.07, 6.45) is 1.81. The topological polar surface area (TPSA) is 89.2 Å². The summed E-state index contributed by atoms with van der Waals surface area (Å²) < 4.78 is 61.5. The molecule has 1 aromatic carbocycles. The van der Waals surface area contributed by atoms with Crippen LogP contribution in [0.4, 0.5) is 30.6 Å². The Balaban J connectivity index is 2.56. The van der Waals surface area contributed by atoms with Crippen molar-refractivity contribution < 1.29 is 21.6 Å². The van der Waals surface area contributed by atoms with Crippen molar-refractivity contribution in [3.8, 4) is 0 Å². The second-order valence-corrected chi connectivity index (χ2v) is 7.05. The third-order valence-electron chi connectivity index (χ3n) is 3.59. The van der Waals surface area contributed by atoms with E-state index in [1.807, 2.05) is 6.92 Å².